The van der Waals surface area contributed by atoms with Crippen molar-refractivity contribution >= 4 is 10.0 Å². The lowest BCUT2D eigenvalue weighted by atomic mass is 10.00. The number of ether oxygens (including phenoxy) is 2. The van der Waals surface area contributed by atoms with E-state index in [4.69, 9.17) is 14.0 Å². The predicted octanol–water partition coefficient (Wildman–Crippen LogP) is 3.07. The maximum absolute atomic E-state index is 12.7. The van der Waals surface area contributed by atoms with Crippen LogP contribution in [-0.4, -0.2) is 49.3 Å². The molecule has 152 valence electrons. The summed E-state index contributed by atoms with van der Waals surface area (Å²) in [6.07, 6.45) is -1.07. The van der Waals surface area contributed by atoms with Crippen molar-refractivity contribution in [3.05, 3.63) is 60.4 Å². The molecule has 0 aliphatic carbocycles. The number of benzene rings is 2. The van der Waals surface area contributed by atoms with Gasteiger partial charge >= 0.3 is 0 Å². The summed E-state index contributed by atoms with van der Waals surface area (Å²) < 4.78 is 41.4. The van der Waals surface area contributed by atoms with Gasteiger partial charge in [0.1, 0.15) is 11.5 Å². The standard InChI is InChI=1S/C20H20N2O6S/c1-14-19(20(21-28-14)16-5-3-2-4-6-16)15-7-9-17(10-8-15)29(24,25)22(23)18-13-26-11-12-27-18/h2-10,18,23H,11-13H2,1H3. The highest BCUT2D eigenvalue weighted by Crippen LogP contribution is 2.34. The molecular weight excluding hydrogens is 396 g/mol. The molecule has 1 atom stereocenters. The quantitative estimate of drug-likeness (QED) is 0.638. The van der Waals surface area contributed by atoms with E-state index in [0.717, 1.165) is 16.7 Å². The lowest BCUT2D eigenvalue weighted by Gasteiger charge is -2.28. The number of nitrogens with zero attached hydrogens (tertiary/aromatic N) is 2. The molecule has 1 saturated heterocycles. The summed E-state index contributed by atoms with van der Waals surface area (Å²) in [5.41, 5.74) is 3.11. The molecule has 8 nitrogen and oxygen atoms in total. The molecule has 1 N–H and O–H groups in total. The first kappa shape index (κ1) is 19.7. The van der Waals surface area contributed by atoms with Crippen LogP contribution in [0.1, 0.15) is 5.76 Å². The van der Waals surface area contributed by atoms with E-state index in [1.807, 2.05) is 30.3 Å². The number of aryl methyl sites for hydroxylation is 1. The number of aromatic nitrogens is 1. The Labute approximate surface area is 168 Å². The second-order valence-electron chi connectivity index (χ2n) is 6.53. The van der Waals surface area contributed by atoms with Gasteiger partial charge in [-0.25, -0.2) is 8.42 Å². The molecular formula is C20H20N2O6S. The van der Waals surface area contributed by atoms with Crippen LogP contribution in [0.5, 0.6) is 0 Å². The number of hydrogen-bond acceptors (Lipinski definition) is 7. The van der Waals surface area contributed by atoms with Gasteiger partial charge in [0.25, 0.3) is 10.0 Å². The zero-order valence-electron chi connectivity index (χ0n) is 15.7. The fourth-order valence-corrected chi connectivity index (χ4v) is 4.29. The van der Waals surface area contributed by atoms with Gasteiger partial charge in [-0.1, -0.05) is 47.6 Å². The Kier molecular flexibility index (Phi) is 5.48. The van der Waals surface area contributed by atoms with Crippen LogP contribution in [0.3, 0.4) is 0 Å². The van der Waals surface area contributed by atoms with Crippen molar-refractivity contribution in [3.63, 3.8) is 0 Å². The summed E-state index contributed by atoms with van der Waals surface area (Å²) in [5.74, 6) is 0.621. The van der Waals surface area contributed by atoms with Gasteiger partial charge in [-0.15, -0.1) is 0 Å². The zero-order valence-corrected chi connectivity index (χ0v) is 16.5. The molecule has 0 bridgehead atoms. The molecule has 1 unspecified atom stereocenters. The molecule has 1 aliphatic heterocycles. The highest BCUT2D eigenvalue weighted by Gasteiger charge is 2.33. The summed E-state index contributed by atoms with van der Waals surface area (Å²) >= 11 is 0. The van der Waals surface area contributed by atoms with E-state index in [9.17, 15) is 13.6 Å². The van der Waals surface area contributed by atoms with Crippen molar-refractivity contribution in [1.29, 1.82) is 0 Å². The van der Waals surface area contributed by atoms with Gasteiger partial charge in [0.05, 0.1) is 30.3 Å². The Bertz CT molecular complexity index is 1070. The maximum atomic E-state index is 12.7. The average Bonchev–Trinajstić information content (AvgIpc) is 3.16. The molecule has 0 saturated carbocycles. The molecule has 2 aromatic carbocycles. The van der Waals surface area contributed by atoms with Crippen molar-refractivity contribution < 1.29 is 27.6 Å². The minimum Gasteiger partial charge on any atom is -0.375 e. The smallest absolute Gasteiger partial charge is 0.267 e. The number of rotatable bonds is 5. The summed E-state index contributed by atoms with van der Waals surface area (Å²) in [4.78, 5) is -0.0618. The largest absolute Gasteiger partial charge is 0.375 e. The molecule has 9 heteroatoms. The second kappa shape index (κ2) is 8.05. The molecule has 1 aliphatic rings. The van der Waals surface area contributed by atoms with Gasteiger partial charge in [-0.05, 0) is 29.1 Å². The Morgan fingerprint density at radius 1 is 1.03 bits per heavy atom. The van der Waals surface area contributed by atoms with E-state index < -0.39 is 16.3 Å². The molecule has 3 aromatic rings. The fraction of sp³-hybridized carbons (Fsp3) is 0.250. The molecule has 1 fully saturated rings. The van der Waals surface area contributed by atoms with Crippen molar-refractivity contribution in [1.82, 2.24) is 9.63 Å². The third-order valence-electron chi connectivity index (χ3n) is 4.64. The first-order valence-electron chi connectivity index (χ1n) is 9.03. The summed E-state index contributed by atoms with van der Waals surface area (Å²) in [6.45, 7) is 2.34. The number of hydroxylamine groups is 1. The number of sulfonamides is 1. The van der Waals surface area contributed by atoms with E-state index in [1.165, 1.54) is 12.1 Å². The molecule has 29 heavy (non-hydrogen) atoms. The Hall–Kier alpha value is -2.56. The van der Waals surface area contributed by atoms with Crippen molar-refractivity contribution in [2.24, 2.45) is 0 Å². The van der Waals surface area contributed by atoms with Gasteiger partial charge < -0.3 is 14.0 Å². The summed E-state index contributed by atoms with van der Waals surface area (Å²) in [6, 6.07) is 15.8. The first-order chi connectivity index (χ1) is 14.0. The topological polar surface area (TPSA) is 102 Å². The van der Waals surface area contributed by atoms with Gasteiger partial charge in [0, 0.05) is 5.56 Å². The van der Waals surface area contributed by atoms with E-state index >= 15 is 0 Å². The summed E-state index contributed by atoms with van der Waals surface area (Å²) in [7, 11) is -4.15. The zero-order chi connectivity index (χ0) is 20.4. The lowest BCUT2D eigenvalue weighted by molar-refractivity contribution is -0.207. The van der Waals surface area contributed by atoms with Crippen LogP contribution in [0, 0.1) is 6.92 Å². The number of hydrogen-bond donors (Lipinski definition) is 1. The molecule has 0 spiro atoms. The highest BCUT2D eigenvalue weighted by atomic mass is 32.2. The molecule has 0 amide bonds. The van der Waals surface area contributed by atoms with Crippen LogP contribution in [0.25, 0.3) is 22.4 Å². The van der Waals surface area contributed by atoms with Crippen molar-refractivity contribution in [3.8, 4) is 22.4 Å². The van der Waals surface area contributed by atoms with Crippen LogP contribution in [0.2, 0.25) is 0 Å². The third kappa shape index (κ3) is 3.83. The van der Waals surface area contributed by atoms with E-state index in [-0.39, 0.29) is 22.6 Å². The van der Waals surface area contributed by atoms with E-state index in [2.05, 4.69) is 5.16 Å². The third-order valence-corrected chi connectivity index (χ3v) is 6.24. The van der Waals surface area contributed by atoms with Gasteiger partial charge in [-0.3, -0.25) is 5.21 Å². The SMILES string of the molecule is Cc1onc(-c2ccccc2)c1-c1ccc(S(=O)(=O)N(O)C2COCCO2)cc1. The molecule has 4 rings (SSSR count). The monoisotopic (exact) mass is 416 g/mol. The molecule has 2 heterocycles. The van der Waals surface area contributed by atoms with Crippen LogP contribution in [0.15, 0.2) is 64.0 Å². The normalized spacial score (nSPS) is 17.6. The van der Waals surface area contributed by atoms with Crippen LogP contribution in [-0.2, 0) is 19.5 Å². The first-order valence-corrected chi connectivity index (χ1v) is 10.5. The van der Waals surface area contributed by atoms with Crippen molar-refractivity contribution in [2.45, 2.75) is 18.0 Å². The summed E-state index contributed by atoms with van der Waals surface area (Å²) in [5, 5.41) is 14.3. The van der Waals surface area contributed by atoms with Gasteiger partial charge in [-0.2, -0.15) is 0 Å². The Balaban J connectivity index is 1.65. The fourth-order valence-electron chi connectivity index (χ4n) is 3.16. The molecule has 0 radical (unpaired) electrons. The Morgan fingerprint density at radius 2 is 1.76 bits per heavy atom. The van der Waals surface area contributed by atoms with Crippen LogP contribution >= 0.6 is 0 Å². The second-order valence-corrected chi connectivity index (χ2v) is 8.33. The minimum absolute atomic E-state index is 0.0336. The van der Waals surface area contributed by atoms with Gasteiger partial charge in [0.2, 0.25) is 0 Å². The van der Waals surface area contributed by atoms with Crippen LogP contribution < -0.4 is 0 Å². The van der Waals surface area contributed by atoms with Gasteiger partial charge in [0.15, 0.2) is 6.23 Å². The Morgan fingerprint density at radius 3 is 2.41 bits per heavy atom. The lowest BCUT2D eigenvalue weighted by Crippen LogP contribution is -2.45. The van der Waals surface area contributed by atoms with Crippen LogP contribution in [0.4, 0.5) is 0 Å². The average molecular weight is 416 g/mol. The molecule has 1 aromatic heterocycles. The highest BCUT2D eigenvalue weighted by molar-refractivity contribution is 7.89. The maximum Gasteiger partial charge on any atom is 0.267 e. The minimum atomic E-state index is -4.15. The predicted molar refractivity (Wildman–Crippen MR) is 103 cm³/mol. The van der Waals surface area contributed by atoms with E-state index in [1.54, 1.807) is 19.1 Å². The van der Waals surface area contributed by atoms with E-state index in [0.29, 0.717) is 18.1 Å². The van der Waals surface area contributed by atoms with Crippen molar-refractivity contribution in [2.75, 3.05) is 19.8 Å².